The third-order valence-corrected chi connectivity index (χ3v) is 6.67. The van der Waals surface area contributed by atoms with Gasteiger partial charge < -0.3 is 24.0 Å². The molecule has 8 nitrogen and oxygen atoms in total. The number of nitrogens with zero attached hydrogens (tertiary/aromatic N) is 3. The number of hydrogen-bond acceptors (Lipinski definition) is 6. The van der Waals surface area contributed by atoms with Crippen LogP contribution in [0.4, 0.5) is 0 Å². The second kappa shape index (κ2) is 10.6. The highest BCUT2D eigenvalue weighted by Crippen LogP contribution is 2.29. The van der Waals surface area contributed by atoms with Crippen molar-refractivity contribution in [1.29, 1.82) is 0 Å². The maximum absolute atomic E-state index is 13.5. The molecule has 1 aromatic rings. The standard InChI is InChI=1S/C24H35N3O5/c1-25-10-16-31-21-8-3-2-6-20(21)7-4-5-9-24(23(25)29)19-27(13-17-32-24)22(28)18-26-11-14-30-15-12-26/h2-3,6,8H,4-5,7,9-19H2,1H3. The number of hydrogen-bond donors (Lipinski definition) is 0. The number of para-hydroxylation sites is 1. The molecule has 3 aliphatic heterocycles. The molecular weight excluding hydrogens is 410 g/mol. The maximum atomic E-state index is 13.5. The Balaban J connectivity index is 1.45. The van der Waals surface area contributed by atoms with Crippen molar-refractivity contribution in [2.45, 2.75) is 31.3 Å². The second-order valence-corrected chi connectivity index (χ2v) is 8.94. The molecule has 0 radical (unpaired) electrons. The quantitative estimate of drug-likeness (QED) is 0.681. The summed E-state index contributed by atoms with van der Waals surface area (Å²) >= 11 is 0. The number of amides is 2. The summed E-state index contributed by atoms with van der Waals surface area (Å²) in [7, 11) is 1.79. The number of likely N-dealkylation sites (N-methyl/N-ethyl adjacent to an activating group) is 1. The van der Waals surface area contributed by atoms with E-state index in [4.69, 9.17) is 14.2 Å². The molecule has 176 valence electrons. The Kier molecular flexibility index (Phi) is 7.65. The number of rotatable bonds is 2. The lowest BCUT2D eigenvalue weighted by atomic mass is 9.91. The minimum absolute atomic E-state index is 0.0566. The zero-order chi connectivity index (χ0) is 22.4. The van der Waals surface area contributed by atoms with Crippen LogP contribution in [0.3, 0.4) is 0 Å². The lowest BCUT2D eigenvalue weighted by Crippen LogP contribution is -2.62. The molecule has 1 atom stereocenters. The average Bonchev–Trinajstić information content (AvgIpc) is 2.82. The zero-order valence-corrected chi connectivity index (χ0v) is 19.1. The van der Waals surface area contributed by atoms with Crippen LogP contribution in [-0.4, -0.2) is 105 Å². The molecule has 32 heavy (non-hydrogen) atoms. The number of benzene rings is 1. The van der Waals surface area contributed by atoms with Crippen molar-refractivity contribution in [3.8, 4) is 5.75 Å². The van der Waals surface area contributed by atoms with E-state index in [9.17, 15) is 9.59 Å². The van der Waals surface area contributed by atoms with Crippen molar-refractivity contribution in [2.24, 2.45) is 0 Å². The van der Waals surface area contributed by atoms with E-state index in [0.717, 1.165) is 38.1 Å². The van der Waals surface area contributed by atoms with Crippen LogP contribution in [0.1, 0.15) is 24.8 Å². The first-order valence-corrected chi connectivity index (χ1v) is 11.8. The van der Waals surface area contributed by atoms with Crippen LogP contribution in [0.15, 0.2) is 24.3 Å². The van der Waals surface area contributed by atoms with E-state index in [1.54, 1.807) is 11.9 Å². The lowest BCUT2D eigenvalue weighted by Gasteiger charge is -2.44. The van der Waals surface area contributed by atoms with E-state index in [0.29, 0.717) is 59.0 Å². The SMILES string of the molecule is CN1CCOc2ccccc2CCCCC2(CN(C(=O)CN3CCOCC3)CCO2)C1=O. The number of fused-ring (bicyclic) bond motifs is 1. The fourth-order valence-electron chi connectivity index (χ4n) is 4.75. The number of carbonyl (C=O) groups excluding carboxylic acids is 2. The van der Waals surface area contributed by atoms with Crippen LogP contribution in [0.5, 0.6) is 5.75 Å². The summed E-state index contributed by atoms with van der Waals surface area (Å²) in [6, 6.07) is 8.11. The van der Waals surface area contributed by atoms with Crippen LogP contribution in [0, 0.1) is 0 Å². The van der Waals surface area contributed by atoms with Crippen LogP contribution in [-0.2, 0) is 25.5 Å². The van der Waals surface area contributed by atoms with Crippen molar-refractivity contribution in [2.75, 3.05) is 72.7 Å². The molecule has 3 aliphatic rings. The average molecular weight is 446 g/mol. The lowest BCUT2D eigenvalue weighted by molar-refractivity contribution is -0.176. The monoisotopic (exact) mass is 445 g/mol. The fourth-order valence-corrected chi connectivity index (χ4v) is 4.75. The Hall–Kier alpha value is -2.16. The molecule has 2 fully saturated rings. The zero-order valence-electron chi connectivity index (χ0n) is 19.1. The summed E-state index contributed by atoms with van der Waals surface area (Å²) in [5.41, 5.74) is 0.217. The van der Waals surface area contributed by atoms with Crippen molar-refractivity contribution < 1.29 is 23.8 Å². The summed E-state index contributed by atoms with van der Waals surface area (Å²) in [5, 5.41) is 0. The van der Waals surface area contributed by atoms with Crippen molar-refractivity contribution in [3.05, 3.63) is 29.8 Å². The van der Waals surface area contributed by atoms with Gasteiger partial charge in [-0.2, -0.15) is 0 Å². The highest BCUT2D eigenvalue weighted by molar-refractivity contribution is 5.87. The molecule has 2 saturated heterocycles. The maximum Gasteiger partial charge on any atom is 0.256 e. The number of carbonyl (C=O) groups is 2. The van der Waals surface area contributed by atoms with Gasteiger partial charge in [0.2, 0.25) is 5.91 Å². The van der Waals surface area contributed by atoms with Gasteiger partial charge in [-0.1, -0.05) is 18.2 Å². The number of morpholine rings is 2. The van der Waals surface area contributed by atoms with Gasteiger partial charge in [0.1, 0.15) is 12.4 Å². The topological polar surface area (TPSA) is 71.6 Å². The molecule has 0 aromatic heterocycles. The first-order valence-electron chi connectivity index (χ1n) is 11.8. The smallest absolute Gasteiger partial charge is 0.256 e. The summed E-state index contributed by atoms with van der Waals surface area (Å²) in [6.45, 7) is 5.35. The molecule has 1 aromatic carbocycles. The van der Waals surface area contributed by atoms with E-state index in [1.165, 1.54) is 5.56 Å². The first-order chi connectivity index (χ1) is 15.6. The molecule has 4 rings (SSSR count). The van der Waals surface area contributed by atoms with Gasteiger partial charge in [-0.3, -0.25) is 14.5 Å². The van der Waals surface area contributed by atoms with Crippen LogP contribution < -0.4 is 4.74 Å². The Morgan fingerprint density at radius 1 is 1.03 bits per heavy atom. The molecular formula is C24H35N3O5. The van der Waals surface area contributed by atoms with Gasteiger partial charge in [0.15, 0.2) is 5.60 Å². The highest BCUT2D eigenvalue weighted by Gasteiger charge is 2.46. The normalized spacial score (nSPS) is 26.1. The predicted octanol–water partition coefficient (Wildman–Crippen LogP) is 1.18. The molecule has 0 bridgehead atoms. The molecule has 0 aliphatic carbocycles. The molecule has 3 heterocycles. The van der Waals surface area contributed by atoms with Gasteiger partial charge in [-0.15, -0.1) is 0 Å². The first kappa shape index (κ1) is 23.0. The summed E-state index contributed by atoms with van der Waals surface area (Å²) in [4.78, 5) is 32.2. The second-order valence-electron chi connectivity index (χ2n) is 8.94. The fraction of sp³-hybridized carbons (Fsp3) is 0.667. The highest BCUT2D eigenvalue weighted by atomic mass is 16.5. The van der Waals surface area contributed by atoms with E-state index >= 15 is 0 Å². The third-order valence-electron chi connectivity index (χ3n) is 6.67. The van der Waals surface area contributed by atoms with Crippen molar-refractivity contribution >= 4 is 11.8 Å². The Labute approximate surface area is 190 Å². The number of ether oxygens (including phenoxy) is 3. The molecule has 0 N–H and O–H groups in total. The third kappa shape index (κ3) is 5.42. The van der Waals surface area contributed by atoms with Gasteiger partial charge in [0, 0.05) is 26.7 Å². The largest absolute Gasteiger partial charge is 0.491 e. The van der Waals surface area contributed by atoms with E-state index < -0.39 is 5.60 Å². The van der Waals surface area contributed by atoms with Gasteiger partial charge in [-0.05, 0) is 37.3 Å². The Bertz CT molecular complexity index is 798. The minimum atomic E-state index is -0.980. The summed E-state index contributed by atoms with van der Waals surface area (Å²) in [6.07, 6.45) is 3.29. The Morgan fingerprint density at radius 2 is 1.84 bits per heavy atom. The molecule has 0 saturated carbocycles. The van der Waals surface area contributed by atoms with E-state index in [1.807, 2.05) is 23.1 Å². The summed E-state index contributed by atoms with van der Waals surface area (Å²) in [5.74, 6) is 0.907. The van der Waals surface area contributed by atoms with Gasteiger partial charge >= 0.3 is 0 Å². The minimum Gasteiger partial charge on any atom is -0.491 e. The van der Waals surface area contributed by atoms with Crippen LogP contribution >= 0.6 is 0 Å². The Morgan fingerprint density at radius 3 is 2.69 bits per heavy atom. The molecule has 1 unspecified atom stereocenters. The van der Waals surface area contributed by atoms with E-state index in [2.05, 4.69) is 11.0 Å². The number of aryl methyl sites for hydroxylation is 1. The van der Waals surface area contributed by atoms with Crippen LogP contribution in [0.2, 0.25) is 0 Å². The van der Waals surface area contributed by atoms with E-state index in [-0.39, 0.29) is 11.8 Å². The molecule has 1 spiro atoms. The van der Waals surface area contributed by atoms with Crippen molar-refractivity contribution in [3.63, 3.8) is 0 Å². The van der Waals surface area contributed by atoms with Gasteiger partial charge in [-0.25, -0.2) is 0 Å². The summed E-state index contributed by atoms with van der Waals surface area (Å²) < 4.78 is 17.5. The van der Waals surface area contributed by atoms with Gasteiger partial charge in [0.05, 0.1) is 39.5 Å². The van der Waals surface area contributed by atoms with Gasteiger partial charge in [0.25, 0.3) is 5.91 Å². The molecule has 2 amide bonds. The van der Waals surface area contributed by atoms with Crippen molar-refractivity contribution in [1.82, 2.24) is 14.7 Å². The molecule has 8 heteroatoms. The van der Waals surface area contributed by atoms with Crippen LogP contribution in [0.25, 0.3) is 0 Å². The predicted molar refractivity (Wildman–Crippen MR) is 120 cm³/mol.